The van der Waals surface area contributed by atoms with E-state index in [1.165, 1.54) is 5.41 Å². The minimum atomic E-state index is -3.32. The Hall–Kier alpha value is -1.14. The normalized spacial score (nSPS) is 23.9. The summed E-state index contributed by atoms with van der Waals surface area (Å²) in [4.78, 5) is 13.9. The van der Waals surface area contributed by atoms with E-state index in [4.69, 9.17) is 0 Å². The van der Waals surface area contributed by atoms with Gasteiger partial charge in [0.15, 0.2) is 0 Å². The van der Waals surface area contributed by atoms with Crippen molar-refractivity contribution >= 4 is 43.4 Å². The van der Waals surface area contributed by atoms with Gasteiger partial charge in [-0.25, -0.2) is 8.42 Å². The molecular weight excluding hydrogens is 330 g/mol. The van der Waals surface area contributed by atoms with Crippen molar-refractivity contribution < 1.29 is 13.2 Å². The molecule has 6 heteroatoms. The quantitative estimate of drug-likeness (QED) is 0.775. The smallest absolute Gasteiger partial charge is 0.227 e. The second-order valence-corrected chi connectivity index (χ2v) is 7.25. The zero-order chi connectivity index (χ0) is 13.6. The summed E-state index contributed by atoms with van der Waals surface area (Å²) in [5, 5.41) is 1.98. The highest BCUT2D eigenvalue weighted by Crippen LogP contribution is 2.33. The first-order valence-corrected chi connectivity index (χ1v) is 8.61. The SMILES string of the molecule is O=C1CC(CBr)CN1c1ccc2c(c1)S(=O)(=O)C=C2. The molecule has 0 bridgehead atoms. The van der Waals surface area contributed by atoms with Crippen LogP contribution in [0.15, 0.2) is 28.5 Å². The van der Waals surface area contributed by atoms with E-state index in [1.54, 1.807) is 29.2 Å². The summed E-state index contributed by atoms with van der Waals surface area (Å²) in [6.45, 7) is 0.635. The summed E-state index contributed by atoms with van der Waals surface area (Å²) in [5.74, 6) is 0.336. The highest BCUT2D eigenvalue weighted by molar-refractivity contribution is 9.09. The van der Waals surface area contributed by atoms with E-state index in [1.807, 2.05) is 0 Å². The van der Waals surface area contributed by atoms with E-state index in [2.05, 4.69) is 15.9 Å². The molecule has 1 saturated heterocycles. The lowest BCUT2D eigenvalue weighted by atomic mass is 10.1. The number of amides is 1. The molecular formula is C13H12BrNO3S. The van der Waals surface area contributed by atoms with E-state index in [-0.39, 0.29) is 11.8 Å². The molecule has 1 amide bonds. The molecule has 0 N–H and O–H groups in total. The van der Waals surface area contributed by atoms with Crippen LogP contribution in [0.25, 0.3) is 6.08 Å². The molecule has 1 aromatic carbocycles. The standard InChI is InChI=1S/C13H12BrNO3S/c14-7-9-5-13(16)15(8-9)11-2-1-10-3-4-19(17,18)12(10)6-11/h1-4,6,9H,5,7-8H2. The lowest BCUT2D eigenvalue weighted by molar-refractivity contribution is -0.117. The average Bonchev–Trinajstić information content (AvgIpc) is 2.90. The first-order chi connectivity index (χ1) is 9.01. The van der Waals surface area contributed by atoms with Gasteiger partial charge in [0.25, 0.3) is 0 Å². The number of hydrogen-bond acceptors (Lipinski definition) is 3. The van der Waals surface area contributed by atoms with Crippen LogP contribution < -0.4 is 4.90 Å². The van der Waals surface area contributed by atoms with Crippen molar-refractivity contribution in [1.29, 1.82) is 0 Å². The van der Waals surface area contributed by atoms with E-state index >= 15 is 0 Å². The van der Waals surface area contributed by atoms with Crippen molar-refractivity contribution in [1.82, 2.24) is 0 Å². The molecule has 0 spiro atoms. The number of anilines is 1. The molecule has 2 aliphatic heterocycles. The third-order valence-electron chi connectivity index (χ3n) is 3.47. The molecule has 0 aromatic heterocycles. The van der Waals surface area contributed by atoms with Gasteiger partial charge in [0.1, 0.15) is 0 Å². The number of hydrogen-bond donors (Lipinski definition) is 0. The number of alkyl halides is 1. The van der Waals surface area contributed by atoms with Gasteiger partial charge in [-0.05, 0) is 29.7 Å². The number of carbonyl (C=O) groups is 1. The van der Waals surface area contributed by atoms with Gasteiger partial charge in [-0.1, -0.05) is 22.0 Å². The first-order valence-electron chi connectivity index (χ1n) is 5.95. The summed E-state index contributed by atoms with van der Waals surface area (Å²) >= 11 is 3.39. The van der Waals surface area contributed by atoms with Crippen molar-refractivity contribution in [2.75, 3.05) is 16.8 Å². The number of rotatable bonds is 2. The second-order valence-electron chi connectivity index (χ2n) is 4.80. The molecule has 4 nitrogen and oxygen atoms in total. The Morgan fingerprint density at radius 1 is 1.37 bits per heavy atom. The summed E-state index contributed by atoms with van der Waals surface area (Å²) in [6, 6.07) is 5.15. The van der Waals surface area contributed by atoms with Crippen molar-refractivity contribution in [3.05, 3.63) is 29.2 Å². The monoisotopic (exact) mass is 341 g/mol. The van der Waals surface area contributed by atoms with Crippen LogP contribution in [-0.4, -0.2) is 26.2 Å². The lowest BCUT2D eigenvalue weighted by Crippen LogP contribution is -2.24. The van der Waals surface area contributed by atoms with Crippen LogP contribution in [0.4, 0.5) is 5.69 Å². The van der Waals surface area contributed by atoms with Gasteiger partial charge in [-0.2, -0.15) is 0 Å². The lowest BCUT2D eigenvalue weighted by Gasteiger charge is -2.17. The Kier molecular flexibility index (Phi) is 3.02. The molecule has 19 heavy (non-hydrogen) atoms. The van der Waals surface area contributed by atoms with Gasteiger partial charge in [-0.15, -0.1) is 0 Å². The number of sulfone groups is 1. The topological polar surface area (TPSA) is 54.5 Å². The summed E-state index contributed by atoms with van der Waals surface area (Å²) in [7, 11) is -3.32. The summed E-state index contributed by atoms with van der Waals surface area (Å²) in [5.41, 5.74) is 1.35. The zero-order valence-electron chi connectivity index (χ0n) is 10.0. The first kappa shape index (κ1) is 12.9. The molecule has 1 unspecified atom stereocenters. The number of fused-ring (bicyclic) bond motifs is 1. The fraction of sp³-hybridized carbons (Fsp3) is 0.308. The summed E-state index contributed by atoms with van der Waals surface area (Å²) in [6.07, 6.45) is 2.09. The molecule has 1 fully saturated rings. The fourth-order valence-electron chi connectivity index (χ4n) is 2.45. The van der Waals surface area contributed by atoms with Crippen LogP contribution in [0.1, 0.15) is 12.0 Å². The number of carbonyl (C=O) groups excluding carboxylic acids is 1. The average molecular weight is 342 g/mol. The maximum atomic E-state index is 11.9. The van der Waals surface area contributed by atoms with E-state index in [0.29, 0.717) is 29.1 Å². The molecule has 100 valence electrons. The van der Waals surface area contributed by atoms with E-state index in [0.717, 1.165) is 5.33 Å². The third kappa shape index (κ3) is 2.12. The summed E-state index contributed by atoms with van der Waals surface area (Å²) < 4.78 is 23.6. The maximum absolute atomic E-state index is 11.9. The van der Waals surface area contributed by atoms with Gasteiger partial charge in [0.2, 0.25) is 15.7 Å². The Labute approximate surface area is 120 Å². The highest BCUT2D eigenvalue weighted by Gasteiger charge is 2.31. The molecule has 0 radical (unpaired) electrons. The van der Waals surface area contributed by atoms with E-state index < -0.39 is 9.84 Å². The molecule has 3 rings (SSSR count). The fourth-order valence-corrected chi connectivity index (χ4v) is 4.10. The Bertz CT molecular complexity index is 681. The zero-order valence-corrected chi connectivity index (χ0v) is 12.4. The largest absolute Gasteiger partial charge is 0.312 e. The van der Waals surface area contributed by atoms with Crippen LogP contribution in [-0.2, 0) is 14.6 Å². The third-order valence-corrected chi connectivity index (χ3v) is 5.84. The van der Waals surface area contributed by atoms with Crippen LogP contribution in [0.2, 0.25) is 0 Å². The highest BCUT2D eigenvalue weighted by atomic mass is 79.9. The maximum Gasteiger partial charge on any atom is 0.227 e. The minimum absolute atomic E-state index is 0.0488. The van der Waals surface area contributed by atoms with Crippen LogP contribution >= 0.6 is 15.9 Å². The van der Waals surface area contributed by atoms with Crippen molar-refractivity contribution in [3.8, 4) is 0 Å². The van der Waals surface area contributed by atoms with Gasteiger partial charge < -0.3 is 4.90 Å². The van der Waals surface area contributed by atoms with Gasteiger partial charge in [0.05, 0.1) is 4.90 Å². The molecule has 2 aliphatic rings. The predicted octanol–water partition coefficient (Wildman–Crippen LogP) is 2.19. The van der Waals surface area contributed by atoms with Crippen molar-refractivity contribution in [2.24, 2.45) is 5.92 Å². The van der Waals surface area contributed by atoms with Crippen molar-refractivity contribution in [2.45, 2.75) is 11.3 Å². The van der Waals surface area contributed by atoms with Gasteiger partial charge >= 0.3 is 0 Å². The molecule has 2 heterocycles. The van der Waals surface area contributed by atoms with Crippen LogP contribution in [0, 0.1) is 5.92 Å². The Morgan fingerprint density at radius 3 is 2.84 bits per heavy atom. The Balaban J connectivity index is 1.99. The number of benzene rings is 1. The predicted molar refractivity (Wildman–Crippen MR) is 76.9 cm³/mol. The van der Waals surface area contributed by atoms with Gasteiger partial charge in [0, 0.05) is 29.4 Å². The minimum Gasteiger partial charge on any atom is -0.312 e. The second kappa shape index (κ2) is 4.45. The van der Waals surface area contributed by atoms with Crippen LogP contribution in [0.5, 0.6) is 0 Å². The number of nitrogens with zero attached hydrogens (tertiary/aromatic N) is 1. The van der Waals surface area contributed by atoms with E-state index in [9.17, 15) is 13.2 Å². The molecule has 0 saturated carbocycles. The number of halogens is 1. The molecule has 1 aromatic rings. The molecule has 1 atom stereocenters. The van der Waals surface area contributed by atoms with Crippen LogP contribution in [0.3, 0.4) is 0 Å². The Morgan fingerprint density at radius 2 is 2.16 bits per heavy atom. The van der Waals surface area contributed by atoms with Gasteiger partial charge in [-0.3, -0.25) is 4.79 Å². The van der Waals surface area contributed by atoms with Crippen molar-refractivity contribution in [3.63, 3.8) is 0 Å². The molecule has 0 aliphatic carbocycles.